The van der Waals surface area contributed by atoms with Gasteiger partial charge in [-0.3, -0.25) is 4.79 Å². The standard InChI is InChI=1S/C10H7N3O.ClH/c14-10-9-7-3-1-2-4-8(7)12-13(9)6-5-11-10;/h1-6H,(H,11,14);1H. The second kappa shape index (κ2) is 3.40. The number of nitrogens with one attached hydrogen (secondary N) is 1. The van der Waals surface area contributed by atoms with Gasteiger partial charge in [0.05, 0.1) is 5.52 Å². The normalized spacial score (nSPS) is 10.4. The lowest BCUT2D eigenvalue weighted by atomic mass is 10.2. The smallest absolute Gasteiger partial charge is 0.274 e. The first-order chi connectivity index (χ1) is 6.86. The Hall–Kier alpha value is -1.81. The van der Waals surface area contributed by atoms with Crippen LogP contribution < -0.4 is 5.56 Å². The van der Waals surface area contributed by atoms with E-state index in [1.54, 1.807) is 16.9 Å². The van der Waals surface area contributed by atoms with Crippen LogP contribution in [0.25, 0.3) is 16.4 Å². The van der Waals surface area contributed by atoms with Gasteiger partial charge in [-0.2, -0.15) is 5.10 Å². The van der Waals surface area contributed by atoms with Crippen molar-refractivity contribution in [3.8, 4) is 0 Å². The lowest BCUT2D eigenvalue weighted by Crippen LogP contribution is -2.07. The quantitative estimate of drug-likeness (QED) is 0.627. The van der Waals surface area contributed by atoms with E-state index in [4.69, 9.17) is 0 Å². The van der Waals surface area contributed by atoms with Crippen LogP contribution in [0.15, 0.2) is 41.5 Å². The van der Waals surface area contributed by atoms with E-state index in [1.165, 1.54) is 0 Å². The summed E-state index contributed by atoms with van der Waals surface area (Å²) in [6.45, 7) is 0. The van der Waals surface area contributed by atoms with Crippen molar-refractivity contribution in [3.05, 3.63) is 47.0 Å². The van der Waals surface area contributed by atoms with E-state index < -0.39 is 0 Å². The van der Waals surface area contributed by atoms with E-state index >= 15 is 0 Å². The molecule has 5 heteroatoms. The Balaban J connectivity index is 0.000000853. The molecule has 3 rings (SSSR count). The van der Waals surface area contributed by atoms with Crippen LogP contribution in [0.5, 0.6) is 0 Å². The van der Waals surface area contributed by atoms with Crippen LogP contribution in [0.4, 0.5) is 0 Å². The number of benzene rings is 1. The van der Waals surface area contributed by atoms with Crippen molar-refractivity contribution in [3.63, 3.8) is 0 Å². The van der Waals surface area contributed by atoms with Crippen LogP contribution in [0.3, 0.4) is 0 Å². The van der Waals surface area contributed by atoms with Crippen LogP contribution in [0.2, 0.25) is 0 Å². The summed E-state index contributed by atoms with van der Waals surface area (Å²) in [4.78, 5) is 14.2. The zero-order chi connectivity index (χ0) is 9.54. The first-order valence-corrected chi connectivity index (χ1v) is 4.31. The zero-order valence-corrected chi connectivity index (χ0v) is 8.49. The van der Waals surface area contributed by atoms with E-state index in [0.29, 0.717) is 5.52 Å². The first kappa shape index (κ1) is 9.73. The summed E-state index contributed by atoms with van der Waals surface area (Å²) in [5, 5.41) is 5.16. The van der Waals surface area contributed by atoms with Gasteiger partial charge < -0.3 is 4.98 Å². The minimum absolute atomic E-state index is 0. The molecule has 76 valence electrons. The molecule has 1 N–H and O–H groups in total. The number of nitrogens with zero attached hydrogens (tertiary/aromatic N) is 2. The molecule has 0 saturated heterocycles. The molecule has 2 heterocycles. The van der Waals surface area contributed by atoms with Crippen LogP contribution in [-0.2, 0) is 0 Å². The molecule has 1 aromatic carbocycles. The SMILES string of the molecule is Cl.O=c1[nH]ccn2nc3ccccc3c12. The topological polar surface area (TPSA) is 50.2 Å². The molecule has 0 aliphatic carbocycles. The number of rotatable bonds is 0. The molecule has 2 aromatic heterocycles. The summed E-state index contributed by atoms with van der Waals surface area (Å²) >= 11 is 0. The molecule has 0 aliphatic rings. The largest absolute Gasteiger partial charge is 0.326 e. The molecular weight excluding hydrogens is 214 g/mol. The maximum atomic E-state index is 11.5. The first-order valence-electron chi connectivity index (χ1n) is 4.31. The Bertz CT molecular complexity index is 671. The van der Waals surface area contributed by atoms with Gasteiger partial charge in [-0.25, -0.2) is 4.52 Å². The van der Waals surface area contributed by atoms with E-state index in [2.05, 4.69) is 10.1 Å². The van der Waals surface area contributed by atoms with Crippen molar-refractivity contribution in [1.82, 2.24) is 14.6 Å². The average molecular weight is 222 g/mol. The minimum Gasteiger partial charge on any atom is -0.326 e. The Morgan fingerprint density at radius 2 is 2.07 bits per heavy atom. The molecule has 15 heavy (non-hydrogen) atoms. The van der Waals surface area contributed by atoms with E-state index in [-0.39, 0.29) is 18.0 Å². The predicted molar refractivity (Wildman–Crippen MR) is 60.6 cm³/mol. The van der Waals surface area contributed by atoms with E-state index in [9.17, 15) is 4.79 Å². The predicted octanol–water partition coefficient (Wildman–Crippen LogP) is 1.60. The molecular formula is C10H8ClN3O. The number of aromatic amines is 1. The molecule has 0 amide bonds. The van der Waals surface area contributed by atoms with Gasteiger partial charge in [0.25, 0.3) is 5.56 Å². The molecule has 0 fully saturated rings. The number of fused-ring (bicyclic) bond motifs is 3. The Kier molecular flexibility index (Phi) is 2.21. The van der Waals surface area contributed by atoms with Crippen molar-refractivity contribution >= 4 is 28.8 Å². The number of hydrogen-bond acceptors (Lipinski definition) is 2. The third-order valence-corrected chi connectivity index (χ3v) is 2.25. The van der Waals surface area contributed by atoms with Crippen LogP contribution >= 0.6 is 12.4 Å². The summed E-state index contributed by atoms with van der Waals surface area (Å²) in [6, 6.07) is 7.59. The van der Waals surface area contributed by atoms with Gasteiger partial charge in [-0.05, 0) is 6.07 Å². The minimum atomic E-state index is -0.110. The van der Waals surface area contributed by atoms with Gasteiger partial charge in [-0.15, -0.1) is 12.4 Å². The maximum Gasteiger partial charge on any atom is 0.274 e. The number of hydrogen-bond donors (Lipinski definition) is 1. The van der Waals surface area contributed by atoms with Gasteiger partial charge in [0.1, 0.15) is 5.52 Å². The highest BCUT2D eigenvalue weighted by atomic mass is 35.5. The summed E-state index contributed by atoms with van der Waals surface area (Å²) in [5.74, 6) is 0. The second-order valence-corrected chi connectivity index (χ2v) is 3.10. The van der Waals surface area contributed by atoms with Gasteiger partial charge in [-0.1, -0.05) is 18.2 Å². The summed E-state index contributed by atoms with van der Waals surface area (Å²) < 4.78 is 1.60. The fourth-order valence-electron chi connectivity index (χ4n) is 1.64. The summed E-state index contributed by atoms with van der Waals surface area (Å²) in [5.41, 5.74) is 1.33. The second-order valence-electron chi connectivity index (χ2n) is 3.10. The molecule has 0 bridgehead atoms. The Labute approximate surface area is 91.0 Å². The van der Waals surface area contributed by atoms with Gasteiger partial charge in [0, 0.05) is 17.8 Å². The monoisotopic (exact) mass is 221 g/mol. The highest BCUT2D eigenvalue weighted by molar-refractivity contribution is 5.93. The Morgan fingerprint density at radius 1 is 1.27 bits per heavy atom. The van der Waals surface area contributed by atoms with Gasteiger partial charge >= 0.3 is 0 Å². The molecule has 0 radical (unpaired) electrons. The molecule has 0 atom stereocenters. The van der Waals surface area contributed by atoms with Crippen molar-refractivity contribution in [1.29, 1.82) is 0 Å². The third-order valence-electron chi connectivity index (χ3n) is 2.25. The van der Waals surface area contributed by atoms with Crippen molar-refractivity contribution in [2.24, 2.45) is 0 Å². The average Bonchev–Trinajstić information content (AvgIpc) is 2.57. The molecule has 0 spiro atoms. The third kappa shape index (κ3) is 1.30. The van der Waals surface area contributed by atoms with Crippen LogP contribution in [-0.4, -0.2) is 14.6 Å². The number of aromatic nitrogens is 3. The van der Waals surface area contributed by atoms with E-state index in [0.717, 1.165) is 10.9 Å². The lowest BCUT2D eigenvalue weighted by Gasteiger charge is -1.88. The number of H-pyrrole nitrogens is 1. The van der Waals surface area contributed by atoms with Crippen molar-refractivity contribution < 1.29 is 0 Å². The van der Waals surface area contributed by atoms with Crippen LogP contribution in [0, 0.1) is 0 Å². The summed E-state index contributed by atoms with van der Waals surface area (Å²) in [7, 11) is 0. The van der Waals surface area contributed by atoms with Gasteiger partial charge in [0.2, 0.25) is 0 Å². The molecule has 0 saturated carbocycles. The molecule has 4 nitrogen and oxygen atoms in total. The summed E-state index contributed by atoms with van der Waals surface area (Å²) in [6.07, 6.45) is 3.32. The van der Waals surface area contributed by atoms with E-state index in [1.807, 2.05) is 24.3 Å². The highest BCUT2D eigenvalue weighted by Crippen LogP contribution is 2.14. The van der Waals surface area contributed by atoms with Crippen molar-refractivity contribution in [2.45, 2.75) is 0 Å². The zero-order valence-electron chi connectivity index (χ0n) is 7.68. The maximum absolute atomic E-state index is 11.5. The van der Waals surface area contributed by atoms with Crippen molar-refractivity contribution in [2.75, 3.05) is 0 Å². The van der Waals surface area contributed by atoms with Crippen LogP contribution in [0.1, 0.15) is 0 Å². The molecule has 3 aromatic rings. The highest BCUT2D eigenvalue weighted by Gasteiger charge is 2.05. The molecule has 0 unspecified atom stereocenters. The fourth-order valence-corrected chi connectivity index (χ4v) is 1.64. The van der Waals surface area contributed by atoms with Gasteiger partial charge in [0.15, 0.2) is 0 Å². The fraction of sp³-hybridized carbons (Fsp3) is 0. The molecule has 0 aliphatic heterocycles. The lowest BCUT2D eigenvalue weighted by molar-refractivity contribution is 0.952. The number of halogens is 1. The Morgan fingerprint density at radius 3 is 2.93 bits per heavy atom.